The van der Waals surface area contributed by atoms with Crippen LogP contribution in [0.25, 0.3) is 0 Å². The van der Waals surface area contributed by atoms with E-state index in [1.165, 1.54) is 0 Å². The fraction of sp³-hybridized carbons (Fsp3) is 0.667. The summed E-state index contributed by atoms with van der Waals surface area (Å²) in [5.74, 6) is 0.573. The highest BCUT2D eigenvalue weighted by atomic mass is 16.5. The summed E-state index contributed by atoms with van der Waals surface area (Å²) in [7, 11) is 0. The molecule has 3 fully saturated rings. The minimum absolute atomic E-state index is 0.0688. The van der Waals surface area contributed by atoms with Crippen LogP contribution in [0.3, 0.4) is 0 Å². The van der Waals surface area contributed by atoms with Gasteiger partial charge in [-0.1, -0.05) is 12.1 Å². The molecule has 3 N–H and O–H groups in total. The predicted molar refractivity (Wildman–Crippen MR) is 117 cm³/mol. The summed E-state index contributed by atoms with van der Waals surface area (Å²) < 4.78 is 4.93. The summed E-state index contributed by atoms with van der Waals surface area (Å²) in [4.78, 5) is 53.8. The first-order valence-corrected chi connectivity index (χ1v) is 11.4. The lowest BCUT2D eigenvalue weighted by atomic mass is 9.77. The number of hydrazine groups is 1. The third kappa shape index (κ3) is 5.33. The Morgan fingerprint density at radius 2 is 1.73 bits per heavy atom. The number of carbonyl (C=O) groups is 4. The Hall–Kier alpha value is -2.99. The van der Waals surface area contributed by atoms with Crippen LogP contribution in [0, 0.1) is 12.8 Å². The first kappa shape index (κ1) is 23.2. The van der Waals surface area contributed by atoms with Crippen molar-refractivity contribution in [1.29, 1.82) is 0 Å². The predicted octanol–water partition coefficient (Wildman–Crippen LogP) is 0.0710. The van der Waals surface area contributed by atoms with Crippen molar-refractivity contribution in [2.75, 3.05) is 44.6 Å². The Labute approximate surface area is 191 Å². The van der Waals surface area contributed by atoms with Gasteiger partial charge in [0.1, 0.15) is 11.3 Å². The number of imide groups is 1. The fourth-order valence-corrected chi connectivity index (χ4v) is 4.60. The van der Waals surface area contributed by atoms with Gasteiger partial charge in [-0.15, -0.1) is 0 Å². The van der Waals surface area contributed by atoms with Gasteiger partial charge in [0.05, 0.1) is 13.1 Å². The SMILES string of the molecule is Cc1cc(NC(=O)CN2CCN(CC(=O)NN3C(=O)NC4(CCC(C)CC4)C3=O)CC2)no1. The third-order valence-corrected chi connectivity index (χ3v) is 6.62. The maximum absolute atomic E-state index is 12.9. The lowest BCUT2D eigenvalue weighted by molar-refractivity contribution is -0.140. The van der Waals surface area contributed by atoms with Crippen molar-refractivity contribution >= 4 is 29.6 Å². The molecule has 1 aliphatic carbocycles. The Morgan fingerprint density at radius 3 is 2.30 bits per heavy atom. The van der Waals surface area contributed by atoms with Gasteiger partial charge in [-0.25, -0.2) is 4.79 Å². The molecule has 0 atom stereocenters. The average Bonchev–Trinajstić information content (AvgIpc) is 3.27. The molecule has 0 radical (unpaired) electrons. The van der Waals surface area contributed by atoms with Crippen molar-refractivity contribution in [3.8, 4) is 0 Å². The number of nitrogens with zero attached hydrogens (tertiary/aromatic N) is 4. The Kier molecular flexibility index (Phi) is 6.66. The Morgan fingerprint density at radius 1 is 1.12 bits per heavy atom. The van der Waals surface area contributed by atoms with Crippen molar-refractivity contribution in [1.82, 2.24) is 30.7 Å². The van der Waals surface area contributed by atoms with Crippen LogP contribution < -0.4 is 16.1 Å². The standard InChI is InChI=1S/C21H31N7O5/c1-14-3-5-21(6-4-14)19(31)28(20(32)23-21)24-18(30)13-27-9-7-26(8-10-27)12-17(29)22-16-11-15(2)33-25-16/h11,14H,3-10,12-13H2,1-2H3,(H,23,32)(H,24,30)(H,22,25,29). The molecule has 1 aromatic rings. The van der Waals surface area contributed by atoms with Gasteiger partial charge in [0.15, 0.2) is 5.82 Å². The second-order valence-electron chi connectivity index (χ2n) is 9.29. The van der Waals surface area contributed by atoms with Gasteiger partial charge >= 0.3 is 6.03 Å². The van der Waals surface area contributed by atoms with Gasteiger partial charge in [-0.2, -0.15) is 5.01 Å². The fourth-order valence-electron chi connectivity index (χ4n) is 4.60. The van der Waals surface area contributed by atoms with E-state index in [-0.39, 0.29) is 24.9 Å². The summed E-state index contributed by atoms with van der Waals surface area (Å²) in [6.45, 7) is 6.58. The monoisotopic (exact) mass is 461 g/mol. The van der Waals surface area contributed by atoms with Crippen molar-refractivity contribution in [2.45, 2.75) is 45.1 Å². The van der Waals surface area contributed by atoms with Crippen molar-refractivity contribution in [3.63, 3.8) is 0 Å². The molecular formula is C21H31N7O5. The van der Waals surface area contributed by atoms with E-state index < -0.39 is 17.5 Å². The molecule has 0 bridgehead atoms. The lowest BCUT2D eigenvalue weighted by Crippen LogP contribution is -2.55. The van der Waals surface area contributed by atoms with E-state index >= 15 is 0 Å². The van der Waals surface area contributed by atoms with Gasteiger partial charge in [0, 0.05) is 32.2 Å². The molecule has 1 spiro atoms. The van der Waals surface area contributed by atoms with E-state index in [1.807, 2.05) is 9.80 Å². The van der Waals surface area contributed by atoms with Crippen molar-refractivity contribution < 1.29 is 23.7 Å². The molecule has 0 unspecified atom stereocenters. The zero-order valence-electron chi connectivity index (χ0n) is 19.1. The van der Waals surface area contributed by atoms with Crippen LogP contribution in [0.2, 0.25) is 0 Å². The lowest BCUT2D eigenvalue weighted by Gasteiger charge is -2.34. The van der Waals surface area contributed by atoms with Crippen molar-refractivity contribution in [2.24, 2.45) is 5.92 Å². The number of carbonyl (C=O) groups excluding carboxylic acids is 4. The second-order valence-corrected chi connectivity index (χ2v) is 9.29. The molecule has 2 aliphatic heterocycles. The number of amides is 5. The minimum atomic E-state index is -0.881. The number of piperazine rings is 1. The second kappa shape index (κ2) is 9.48. The van der Waals surface area contributed by atoms with Crippen LogP contribution in [-0.2, 0) is 14.4 Å². The summed E-state index contributed by atoms with van der Waals surface area (Å²) in [5, 5.41) is 10.1. The van der Waals surface area contributed by atoms with Gasteiger partial charge in [0.25, 0.3) is 11.8 Å². The number of urea groups is 1. The summed E-state index contributed by atoms with van der Waals surface area (Å²) in [5.41, 5.74) is 1.60. The topological polar surface area (TPSA) is 140 Å². The molecule has 1 aromatic heterocycles. The number of hydrogen-bond donors (Lipinski definition) is 3. The van der Waals surface area contributed by atoms with Crippen molar-refractivity contribution in [3.05, 3.63) is 11.8 Å². The Balaban J connectivity index is 1.20. The quantitative estimate of drug-likeness (QED) is 0.506. The largest absolute Gasteiger partial charge is 0.360 e. The number of rotatable bonds is 6. The van der Waals surface area contributed by atoms with Crippen LogP contribution >= 0.6 is 0 Å². The maximum atomic E-state index is 12.9. The van der Waals surface area contributed by atoms with E-state index in [0.717, 1.165) is 17.9 Å². The third-order valence-electron chi connectivity index (χ3n) is 6.62. The molecule has 1 saturated carbocycles. The zero-order chi connectivity index (χ0) is 23.6. The van der Waals surface area contributed by atoms with Gasteiger partial charge in [-0.3, -0.25) is 29.6 Å². The molecular weight excluding hydrogens is 430 g/mol. The molecule has 3 aliphatic rings. The van der Waals surface area contributed by atoms with E-state index in [9.17, 15) is 19.2 Å². The number of anilines is 1. The molecule has 3 heterocycles. The van der Waals surface area contributed by atoms with E-state index in [1.54, 1.807) is 13.0 Å². The van der Waals surface area contributed by atoms with E-state index in [0.29, 0.717) is 56.5 Å². The molecule has 4 rings (SSSR count). The highest BCUT2D eigenvalue weighted by molar-refractivity contribution is 6.08. The number of nitrogens with one attached hydrogen (secondary N) is 3. The average molecular weight is 462 g/mol. The van der Waals surface area contributed by atoms with Crippen LogP contribution in [0.1, 0.15) is 38.4 Å². The summed E-state index contributed by atoms with van der Waals surface area (Å²) in [6.07, 6.45) is 2.93. The van der Waals surface area contributed by atoms with Crippen LogP contribution in [0.4, 0.5) is 10.6 Å². The molecule has 180 valence electrons. The molecule has 5 amide bonds. The summed E-state index contributed by atoms with van der Waals surface area (Å²) in [6, 6.07) is 1.08. The first-order chi connectivity index (χ1) is 15.7. The summed E-state index contributed by atoms with van der Waals surface area (Å²) >= 11 is 0. The van der Waals surface area contributed by atoms with E-state index in [2.05, 4.69) is 28.1 Å². The number of aryl methyl sites for hydroxylation is 1. The van der Waals surface area contributed by atoms with Crippen LogP contribution in [0.5, 0.6) is 0 Å². The number of hydrogen-bond acceptors (Lipinski definition) is 8. The smallest absolute Gasteiger partial charge is 0.344 e. The minimum Gasteiger partial charge on any atom is -0.360 e. The maximum Gasteiger partial charge on any atom is 0.344 e. The van der Waals surface area contributed by atoms with Crippen LogP contribution in [0.15, 0.2) is 10.6 Å². The van der Waals surface area contributed by atoms with Gasteiger partial charge in [-0.05, 0) is 38.5 Å². The van der Waals surface area contributed by atoms with Gasteiger partial charge in [0.2, 0.25) is 5.91 Å². The number of aromatic nitrogens is 1. The molecule has 12 nitrogen and oxygen atoms in total. The zero-order valence-corrected chi connectivity index (χ0v) is 19.1. The molecule has 0 aromatic carbocycles. The Bertz CT molecular complexity index is 916. The van der Waals surface area contributed by atoms with Gasteiger partial charge < -0.3 is 15.2 Å². The highest BCUT2D eigenvalue weighted by Gasteiger charge is 2.52. The molecule has 12 heteroatoms. The normalized spacial score (nSPS) is 26.5. The molecule has 2 saturated heterocycles. The van der Waals surface area contributed by atoms with Crippen LogP contribution in [-0.4, -0.2) is 88.5 Å². The molecule has 33 heavy (non-hydrogen) atoms. The highest BCUT2D eigenvalue weighted by Crippen LogP contribution is 2.35. The first-order valence-electron chi connectivity index (χ1n) is 11.4. The van der Waals surface area contributed by atoms with E-state index in [4.69, 9.17) is 4.52 Å².